The maximum absolute atomic E-state index is 12.0. The van der Waals surface area contributed by atoms with Crippen molar-refractivity contribution < 1.29 is 19.5 Å². The van der Waals surface area contributed by atoms with Crippen LogP contribution in [-0.4, -0.2) is 53.6 Å². The lowest BCUT2D eigenvalue weighted by molar-refractivity contribution is -0.144. The largest absolute Gasteiger partial charge is 0.480 e. The highest BCUT2D eigenvalue weighted by Crippen LogP contribution is 2.15. The quantitative estimate of drug-likeness (QED) is 0.624. The average molecular weight is 301 g/mol. The van der Waals surface area contributed by atoms with Gasteiger partial charge in [0, 0.05) is 13.6 Å². The van der Waals surface area contributed by atoms with Gasteiger partial charge in [-0.1, -0.05) is 27.7 Å². The third-order valence-corrected chi connectivity index (χ3v) is 3.40. The van der Waals surface area contributed by atoms with Gasteiger partial charge in [-0.05, 0) is 18.8 Å². The van der Waals surface area contributed by atoms with Gasteiger partial charge >= 0.3 is 12.0 Å². The number of carbonyl (C=O) groups is 3. The zero-order chi connectivity index (χ0) is 16.6. The van der Waals surface area contributed by atoms with Crippen molar-refractivity contribution in [1.82, 2.24) is 15.5 Å². The minimum atomic E-state index is -1.29. The molecule has 0 aromatic rings. The molecule has 0 aromatic heterocycles. The monoisotopic (exact) mass is 301 g/mol. The molecule has 0 saturated heterocycles. The van der Waals surface area contributed by atoms with Crippen molar-refractivity contribution in [2.24, 2.45) is 5.92 Å². The fourth-order valence-electron chi connectivity index (χ4n) is 1.74. The van der Waals surface area contributed by atoms with Crippen LogP contribution in [-0.2, 0) is 9.59 Å². The number of carboxylic acids is 1. The highest BCUT2D eigenvalue weighted by molar-refractivity contribution is 5.88. The Morgan fingerprint density at radius 3 is 2.10 bits per heavy atom. The Hall–Kier alpha value is -1.79. The van der Waals surface area contributed by atoms with Gasteiger partial charge in [-0.25, -0.2) is 9.59 Å². The fourth-order valence-corrected chi connectivity index (χ4v) is 1.74. The topological polar surface area (TPSA) is 98.7 Å². The van der Waals surface area contributed by atoms with Crippen LogP contribution in [0.2, 0.25) is 0 Å². The fraction of sp³-hybridized carbons (Fsp3) is 0.786. The summed E-state index contributed by atoms with van der Waals surface area (Å²) < 4.78 is 0. The van der Waals surface area contributed by atoms with E-state index in [-0.39, 0.29) is 25.3 Å². The van der Waals surface area contributed by atoms with E-state index in [1.807, 2.05) is 13.8 Å². The van der Waals surface area contributed by atoms with Crippen molar-refractivity contribution in [3.63, 3.8) is 0 Å². The van der Waals surface area contributed by atoms with Gasteiger partial charge < -0.3 is 20.6 Å². The first-order chi connectivity index (χ1) is 9.68. The normalized spacial score (nSPS) is 11.1. The molecular formula is C14H27N3O4. The predicted octanol–water partition coefficient (Wildman–Crippen LogP) is 1.04. The van der Waals surface area contributed by atoms with Gasteiger partial charge in [0.05, 0.1) is 0 Å². The third-order valence-electron chi connectivity index (χ3n) is 3.40. The average Bonchev–Trinajstić information content (AvgIpc) is 2.41. The van der Waals surface area contributed by atoms with Crippen LogP contribution in [0.1, 0.15) is 40.5 Å². The SMILES string of the molecule is CCC(CC)(NC(=O)N(C)CC(=O)NCC(C)C)C(=O)O. The summed E-state index contributed by atoms with van der Waals surface area (Å²) in [6.07, 6.45) is 0.552. The molecule has 0 saturated carbocycles. The van der Waals surface area contributed by atoms with Crippen LogP contribution >= 0.6 is 0 Å². The molecule has 0 fully saturated rings. The second-order valence-corrected chi connectivity index (χ2v) is 5.58. The first kappa shape index (κ1) is 19.2. The van der Waals surface area contributed by atoms with Crippen LogP contribution in [0, 0.1) is 5.92 Å². The van der Waals surface area contributed by atoms with Crippen LogP contribution < -0.4 is 10.6 Å². The van der Waals surface area contributed by atoms with E-state index in [1.165, 1.54) is 11.9 Å². The van der Waals surface area contributed by atoms with Crippen LogP contribution in [0.15, 0.2) is 0 Å². The van der Waals surface area contributed by atoms with Crippen molar-refractivity contribution in [3.05, 3.63) is 0 Å². The van der Waals surface area contributed by atoms with Gasteiger partial charge in [-0.2, -0.15) is 0 Å². The standard InChI is InChI=1S/C14H27N3O4/c1-6-14(7-2,12(19)20)16-13(21)17(5)9-11(18)15-8-10(3)4/h10H,6-9H2,1-5H3,(H,15,18)(H,16,21)(H,19,20). The Balaban J connectivity index is 4.57. The number of urea groups is 1. The number of rotatable bonds is 8. The van der Waals surface area contributed by atoms with Crippen molar-refractivity contribution >= 4 is 17.9 Å². The molecule has 0 atom stereocenters. The first-order valence-corrected chi connectivity index (χ1v) is 7.21. The molecular weight excluding hydrogens is 274 g/mol. The van der Waals surface area contributed by atoms with Gasteiger partial charge in [0.1, 0.15) is 12.1 Å². The Labute approximate surface area is 126 Å². The molecule has 0 bridgehead atoms. The van der Waals surface area contributed by atoms with Crippen LogP contribution in [0.25, 0.3) is 0 Å². The number of carboxylic acid groups (broad SMARTS) is 1. The number of nitrogens with one attached hydrogen (secondary N) is 2. The van der Waals surface area contributed by atoms with E-state index in [4.69, 9.17) is 0 Å². The van der Waals surface area contributed by atoms with E-state index in [2.05, 4.69) is 10.6 Å². The summed E-state index contributed by atoms with van der Waals surface area (Å²) in [6, 6.07) is -0.569. The van der Waals surface area contributed by atoms with Crippen LogP contribution in [0.4, 0.5) is 4.79 Å². The van der Waals surface area contributed by atoms with Crippen molar-refractivity contribution in [1.29, 1.82) is 0 Å². The molecule has 0 heterocycles. The number of nitrogens with zero attached hydrogens (tertiary/aromatic N) is 1. The van der Waals surface area contributed by atoms with Gasteiger partial charge in [-0.3, -0.25) is 4.79 Å². The van der Waals surface area contributed by atoms with E-state index in [0.29, 0.717) is 12.5 Å². The lowest BCUT2D eigenvalue weighted by atomic mass is 9.93. The number of hydrogen-bond acceptors (Lipinski definition) is 3. The molecule has 7 heteroatoms. The van der Waals surface area contributed by atoms with E-state index < -0.39 is 17.5 Å². The molecule has 0 unspecified atom stereocenters. The van der Waals surface area contributed by atoms with Gasteiger partial charge in [0.15, 0.2) is 0 Å². The molecule has 0 aliphatic carbocycles. The van der Waals surface area contributed by atoms with Gasteiger partial charge in [-0.15, -0.1) is 0 Å². The van der Waals surface area contributed by atoms with Crippen molar-refractivity contribution in [3.8, 4) is 0 Å². The highest BCUT2D eigenvalue weighted by Gasteiger charge is 2.37. The Morgan fingerprint density at radius 1 is 1.19 bits per heavy atom. The molecule has 0 aliphatic rings. The Kier molecular flexibility index (Phi) is 7.76. The van der Waals surface area contributed by atoms with Crippen molar-refractivity contribution in [2.45, 2.75) is 46.1 Å². The van der Waals surface area contributed by atoms with E-state index in [0.717, 1.165) is 0 Å². The van der Waals surface area contributed by atoms with E-state index in [1.54, 1.807) is 13.8 Å². The maximum atomic E-state index is 12.0. The molecule has 3 N–H and O–H groups in total. The molecule has 21 heavy (non-hydrogen) atoms. The summed E-state index contributed by atoms with van der Waals surface area (Å²) in [5.41, 5.74) is -1.29. The molecule has 0 radical (unpaired) electrons. The number of likely N-dealkylation sites (N-methyl/N-ethyl adjacent to an activating group) is 1. The lowest BCUT2D eigenvalue weighted by Gasteiger charge is -2.30. The minimum Gasteiger partial charge on any atom is -0.480 e. The minimum absolute atomic E-state index is 0.109. The zero-order valence-electron chi connectivity index (χ0n) is 13.5. The molecule has 122 valence electrons. The second-order valence-electron chi connectivity index (χ2n) is 5.58. The molecule has 0 spiro atoms. The molecule has 0 rings (SSSR count). The zero-order valence-corrected chi connectivity index (χ0v) is 13.5. The summed E-state index contributed by atoms with van der Waals surface area (Å²) in [5.74, 6) is -1.01. The number of hydrogen-bond donors (Lipinski definition) is 3. The molecule has 0 aromatic carbocycles. The summed E-state index contributed by atoms with van der Waals surface area (Å²) in [7, 11) is 1.46. The lowest BCUT2D eigenvalue weighted by Crippen LogP contribution is -2.57. The Bertz CT molecular complexity index is 378. The molecule has 7 nitrogen and oxygen atoms in total. The summed E-state index contributed by atoms with van der Waals surface area (Å²) >= 11 is 0. The Morgan fingerprint density at radius 2 is 1.71 bits per heavy atom. The molecule has 3 amide bonds. The van der Waals surface area contributed by atoms with E-state index >= 15 is 0 Å². The summed E-state index contributed by atoms with van der Waals surface area (Å²) in [5, 5.41) is 14.5. The number of carbonyl (C=O) groups excluding carboxylic acids is 2. The second kappa shape index (κ2) is 8.49. The highest BCUT2D eigenvalue weighted by atomic mass is 16.4. The smallest absolute Gasteiger partial charge is 0.329 e. The van der Waals surface area contributed by atoms with Crippen molar-refractivity contribution in [2.75, 3.05) is 20.1 Å². The first-order valence-electron chi connectivity index (χ1n) is 7.21. The summed E-state index contributed by atoms with van der Waals surface area (Å²) in [6.45, 7) is 7.78. The predicted molar refractivity (Wildman–Crippen MR) is 80.0 cm³/mol. The molecule has 0 aliphatic heterocycles. The van der Waals surface area contributed by atoms with Crippen LogP contribution in [0.3, 0.4) is 0 Å². The van der Waals surface area contributed by atoms with E-state index in [9.17, 15) is 19.5 Å². The number of amides is 3. The maximum Gasteiger partial charge on any atom is 0.329 e. The van der Waals surface area contributed by atoms with Gasteiger partial charge in [0.2, 0.25) is 5.91 Å². The summed E-state index contributed by atoms with van der Waals surface area (Å²) in [4.78, 5) is 36.2. The van der Waals surface area contributed by atoms with Crippen LogP contribution in [0.5, 0.6) is 0 Å². The van der Waals surface area contributed by atoms with Gasteiger partial charge in [0.25, 0.3) is 0 Å². The third kappa shape index (κ3) is 6.01. The number of aliphatic carboxylic acids is 1.